The van der Waals surface area contributed by atoms with E-state index in [-0.39, 0.29) is 30.1 Å². The fraction of sp³-hybridized carbons (Fsp3) is 0.458. The third-order valence-corrected chi connectivity index (χ3v) is 7.23. The number of anilines is 2. The fourth-order valence-corrected chi connectivity index (χ4v) is 4.25. The van der Waals surface area contributed by atoms with Crippen molar-refractivity contribution < 1.29 is 19.0 Å². The molecule has 1 amide bonds. The molecular formula is C24H31N5O4Si. The van der Waals surface area contributed by atoms with Gasteiger partial charge in [0.1, 0.15) is 11.3 Å². The number of nitrogens with zero attached hydrogens (tertiary/aromatic N) is 3. The van der Waals surface area contributed by atoms with Gasteiger partial charge in [-0.25, -0.2) is 0 Å². The second-order valence-electron chi connectivity index (χ2n) is 9.36. The first-order chi connectivity index (χ1) is 16.2. The molecule has 0 spiro atoms. The van der Waals surface area contributed by atoms with E-state index in [1.54, 1.807) is 29.1 Å². The van der Waals surface area contributed by atoms with Crippen LogP contribution in [0.3, 0.4) is 0 Å². The van der Waals surface area contributed by atoms with Gasteiger partial charge in [-0.1, -0.05) is 25.6 Å². The quantitative estimate of drug-likeness (QED) is 0.230. The van der Waals surface area contributed by atoms with Crippen molar-refractivity contribution in [2.45, 2.75) is 38.1 Å². The van der Waals surface area contributed by atoms with E-state index in [0.29, 0.717) is 43.2 Å². The Morgan fingerprint density at radius 1 is 1.44 bits per heavy atom. The number of primary amides is 1. The van der Waals surface area contributed by atoms with Crippen LogP contribution < -0.4 is 15.8 Å². The summed E-state index contributed by atoms with van der Waals surface area (Å²) in [6, 6.07) is 8.27. The van der Waals surface area contributed by atoms with Crippen LogP contribution >= 0.6 is 0 Å². The van der Waals surface area contributed by atoms with Crippen LogP contribution in [0.25, 0.3) is 0 Å². The second kappa shape index (κ2) is 11.2. The Kier molecular flexibility index (Phi) is 8.34. The van der Waals surface area contributed by atoms with Gasteiger partial charge < -0.3 is 25.3 Å². The van der Waals surface area contributed by atoms with Crippen molar-refractivity contribution in [3.05, 3.63) is 35.5 Å². The van der Waals surface area contributed by atoms with Gasteiger partial charge in [-0.05, 0) is 30.7 Å². The maximum Gasteiger partial charge on any atom is 0.254 e. The van der Waals surface area contributed by atoms with Crippen molar-refractivity contribution in [1.82, 2.24) is 9.78 Å². The fourth-order valence-electron chi connectivity index (χ4n) is 3.49. The molecule has 2 atom stereocenters. The zero-order valence-corrected chi connectivity index (χ0v) is 20.8. The number of hydrogen-bond acceptors (Lipinski definition) is 7. The Hall–Kier alpha value is -3.31. The highest BCUT2D eigenvalue weighted by atomic mass is 28.3. The molecule has 0 unspecified atom stereocenters. The molecule has 0 bridgehead atoms. The molecule has 1 aliphatic heterocycles. The Labute approximate surface area is 201 Å². The topological polar surface area (TPSA) is 124 Å². The van der Waals surface area contributed by atoms with E-state index < -0.39 is 14.0 Å². The molecule has 0 saturated carbocycles. The number of amides is 1. The first kappa shape index (κ1) is 25.3. The molecule has 0 aliphatic carbocycles. The van der Waals surface area contributed by atoms with Gasteiger partial charge in [0, 0.05) is 33.2 Å². The number of hydrogen-bond donors (Lipinski definition) is 2. The normalized spacial score (nSPS) is 18.0. The van der Waals surface area contributed by atoms with E-state index in [1.165, 1.54) is 0 Å². The Morgan fingerprint density at radius 3 is 2.91 bits per heavy atom. The van der Waals surface area contributed by atoms with Gasteiger partial charge in [-0.3, -0.25) is 9.48 Å². The number of carbonyl (C=O) groups is 1. The van der Waals surface area contributed by atoms with E-state index in [1.807, 2.05) is 0 Å². The van der Waals surface area contributed by atoms with Gasteiger partial charge in [0.25, 0.3) is 5.91 Å². The standard InChI is InChI=1S/C24H31N5O4Si/c1-5-17-12-19(6-7-22(17)33-16-32-10-11-34(2,3)4)27-24-20(23(26)30)14-29(28-24)21-15-31-9-8-18(21)13-25/h1,6-7,12,14,18,21H,8-11,15-16H2,2-4H3,(H2,26,30)(H,27,28)/t18-,21+/m1/s1. The van der Waals surface area contributed by atoms with Crippen molar-refractivity contribution in [3.8, 4) is 24.2 Å². The lowest BCUT2D eigenvalue weighted by molar-refractivity contribution is 0.0219. The minimum atomic E-state index is -1.16. The molecule has 34 heavy (non-hydrogen) atoms. The minimum Gasteiger partial charge on any atom is -0.466 e. The van der Waals surface area contributed by atoms with Gasteiger partial charge in [0.05, 0.1) is 30.2 Å². The SMILES string of the molecule is C#Cc1cc(Nc2nn([C@H]3COCC[C@@H]3C#N)cc2C(N)=O)ccc1OCOCC[Si](C)(C)C. The third-order valence-electron chi connectivity index (χ3n) is 5.52. The largest absolute Gasteiger partial charge is 0.466 e. The average molecular weight is 482 g/mol. The molecule has 2 heterocycles. The van der Waals surface area contributed by atoms with Gasteiger partial charge >= 0.3 is 0 Å². The van der Waals surface area contributed by atoms with E-state index in [4.69, 9.17) is 26.4 Å². The monoisotopic (exact) mass is 481 g/mol. The lowest BCUT2D eigenvalue weighted by Gasteiger charge is -2.26. The third kappa shape index (κ3) is 6.61. The Bertz CT molecular complexity index is 1100. The molecule has 2 aromatic rings. The van der Waals surface area contributed by atoms with Crippen molar-refractivity contribution in [2.24, 2.45) is 11.7 Å². The van der Waals surface area contributed by atoms with Gasteiger partial charge in [0.15, 0.2) is 12.6 Å². The summed E-state index contributed by atoms with van der Waals surface area (Å²) in [5.74, 6) is 2.52. The molecule has 10 heteroatoms. The summed E-state index contributed by atoms with van der Waals surface area (Å²) in [6.07, 6.45) is 7.83. The van der Waals surface area contributed by atoms with E-state index in [9.17, 15) is 10.1 Å². The lowest BCUT2D eigenvalue weighted by atomic mass is 9.97. The van der Waals surface area contributed by atoms with Crippen LogP contribution in [0.4, 0.5) is 11.5 Å². The van der Waals surface area contributed by atoms with E-state index in [0.717, 1.165) is 6.04 Å². The summed E-state index contributed by atoms with van der Waals surface area (Å²) in [7, 11) is -1.16. The number of ether oxygens (including phenoxy) is 3. The molecule has 1 aromatic carbocycles. The highest BCUT2D eigenvalue weighted by Crippen LogP contribution is 2.30. The maximum atomic E-state index is 12.0. The van der Waals surface area contributed by atoms with Gasteiger partial charge in [-0.15, -0.1) is 6.42 Å². The highest BCUT2D eigenvalue weighted by Gasteiger charge is 2.29. The maximum absolute atomic E-state index is 12.0. The molecule has 1 fully saturated rings. The summed E-state index contributed by atoms with van der Waals surface area (Å²) < 4.78 is 18.4. The van der Waals surface area contributed by atoms with Crippen LogP contribution in [0.15, 0.2) is 24.4 Å². The van der Waals surface area contributed by atoms with Crippen molar-refractivity contribution in [3.63, 3.8) is 0 Å². The zero-order chi connectivity index (χ0) is 24.7. The van der Waals surface area contributed by atoms with Crippen LogP contribution in [-0.4, -0.2) is 50.4 Å². The summed E-state index contributed by atoms with van der Waals surface area (Å²) in [4.78, 5) is 12.0. The van der Waals surface area contributed by atoms with Gasteiger partial charge in [-0.2, -0.15) is 10.4 Å². The number of rotatable bonds is 10. The smallest absolute Gasteiger partial charge is 0.254 e. The molecule has 9 nitrogen and oxygen atoms in total. The van der Waals surface area contributed by atoms with Crippen LogP contribution in [-0.2, 0) is 9.47 Å². The number of nitrogens with one attached hydrogen (secondary N) is 1. The number of nitrogens with two attached hydrogens (primary N) is 1. The first-order valence-electron chi connectivity index (χ1n) is 11.2. The van der Waals surface area contributed by atoms with Crippen LogP contribution in [0.1, 0.15) is 28.4 Å². The van der Waals surface area contributed by atoms with E-state index >= 15 is 0 Å². The minimum absolute atomic E-state index is 0.117. The van der Waals surface area contributed by atoms with Crippen LogP contribution in [0, 0.1) is 29.6 Å². The molecule has 180 valence electrons. The van der Waals surface area contributed by atoms with Crippen LogP contribution in [0.2, 0.25) is 25.7 Å². The summed E-state index contributed by atoms with van der Waals surface area (Å²) >= 11 is 0. The molecular weight excluding hydrogens is 450 g/mol. The number of terminal acetylenes is 1. The number of aromatic nitrogens is 2. The summed E-state index contributed by atoms with van der Waals surface area (Å²) in [5, 5.41) is 17.1. The van der Waals surface area contributed by atoms with Crippen LogP contribution in [0.5, 0.6) is 5.75 Å². The lowest BCUT2D eigenvalue weighted by Crippen LogP contribution is -2.29. The predicted octanol–water partition coefficient (Wildman–Crippen LogP) is 3.50. The van der Waals surface area contributed by atoms with Crippen molar-refractivity contribution in [1.29, 1.82) is 5.26 Å². The highest BCUT2D eigenvalue weighted by molar-refractivity contribution is 6.76. The molecule has 1 saturated heterocycles. The first-order valence-corrected chi connectivity index (χ1v) is 14.9. The number of carbonyl (C=O) groups excluding carboxylic acids is 1. The Balaban J connectivity index is 1.72. The van der Waals surface area contributed by atoms with Crippen molar-refractivity contribution >= 4 is 25.5 Å². The van der Waals surface area contributed by atoms with Gasteiger partial charge in [0.2, 0.25) is 0 Å². The number of benzene rings is 1. The molecule has 0 radical (unpaired) electrons. The second-order valence-corrected chi connectivity index (χ2v) is 15.0. The molecule has 3 N–H and O–H groups in total. The zero-order valence-electron chi connectivity index (χ0n) is 19.8. The van der Waals surface area contributed by atoms with E-state index in [2.05, 4.69) is 42.0 Å². The number of nitriles is 1. The molecule has 3 rings (SSSR count). The summed E-state index contributed by atoms with van der Waals surface area (Å²) in [5.41, 5.74) is 6.93. The average Bonchev–Trinajstić information content (AvgIpc) is 3.22. The summed E-state index contributed by atoms with van der Waals surface area (Å²) in [6.45, 7) is 8.50. The predicted molar refractivity (Wildman–Crippen MR) is 132 cm³/mol. The Morgan fingerprint density at radius 2 is 2.24 bits per heavy atom. The molecule has 1 aliphatic rings. The molecule has 1 aromatic heterocycles. The van der Waals surface area contributed by atoms with Crippen molar-refractivity contribution in [2.75, 3.05) is 31.9 Å².